The maximum absolute atomic E-state index is 12.0. The molecule has 0 aromatic heterocycles. The summed E-state index contributed by atoms with van der Waals surface area (Å²) in [6.07, 6.45) is 4.74. The molecule has 0 aromatic carbocycles. The zero-order valence-corrected chi connectivity index (χ0v) is 9.83. The Morgan fingerprint density at radius 3 is 2.87 bits per heavy atom. The first-order chi connectivity index (χ1) is 7.10. The largest absolute Gasteiger partial charge is 0.339 e. The van der Waals surface area contributed by atoms with Crippen LogP contribution < -0.4 is 5.73 Å². The molecule has 2 atom stereocenters. The van der Waals surface area contributed by atoms with Gasteiger partial charge in [-0.25, -0.2) is 0 Å². The topological polar surface area (TPSA) is 46.3 Å². The van der Waals surface area contributed by atoms with Gasteiger partial charge in [-0.1, -0.05) is 20.3 Å². The van der Waals surface area contributed by atoms with E-state index in [0.29, 0.717) is 11.9 Å². The lowest BCUT2D eigenvalue weighted by molar-refractivity contribution is -0.135. The van der Waals surface area contributed by atoms with E-state index in [1.807, 2.05) is 13.8 Å². The molecule has 0 bridgehead atoms. The van der Waals surface area contributed by atoms with Gasteiger partial charge in [0.2, 0.25) is 5.91 Å². The first kappa shape index (κ1) is 10.9. The van der Waals surface area contributed by atoms with E-state index in [2.05, 4.69) is 4.90 Å². The fourth-order valence-electron chi connectivity index (χ4n) is 3.33. The highest BCUT2D eigenvalue weighted by atomic mass is 16.2. The molecule has 1 saturated heterocycles. The van der Waals surface area contributed by atoms with Crippen molar-refractivity contribution in [3.8, 4) is 0 Å². The van der Waals surface area contributed by atoms with Gasteiger partial charge in [-0.05, 0) is 25.8 Å². The van der Waals surface area contributed by atoms with Crippen LogP contribution in [0, 0.1) is 11.3 Å². The molecule has 1 saturated carbocycles. The van der Waals surface area contributed by atoms with E-state index < -0.39 is 0 Å². The number of nitrogens with zero attached hydrogens (tertiary/aromatic N) is 1. The quantitative estimate of drug-likeness (QED) is 0.748. The van der Waals surface area contributed by atoms with Crippen LogP contribution in [0.3, 0.4) is 0 Å². The minimum absolute atomic E-state index is 0.124. The van der Waals surface area contributed by atoms with Crippen LogP contribution in [0.2, 0.25) is 0 Å². The molecule has 0 aromatic rings. The van der Waals surface area contributed by atoms with E-state index in [1.165, 1.54) is 12.8 Å². The van der Waals surface area contributed by atoms with E-state index >= 15 is 0 Å². The average molecular weight is 210 g/mol. The van der Waals surface area contributed by atoms with Gasteiger partial charge in [0.15, 0.2) is 0 Å². The predicted octanol–water partition coefficient (Wildman–Crippen LogP) is 1.37. The van der Waals surface area contributed by atoms with Crippen LogP contribution in [0.25, 0.3) is 0 Å². The van der Waals surface area contributed by atoms with Crippen LogP contribution in [0.15, 0.2) is 0 Å². The molecular formula is C12H22N2O. The smallest absolute Gasteiger partial charge is 0.225 e. The molecule has 2 aliphatic rings. The fourth-order valence-corrected chi connectivity index (χ4v) is 3.33. The van der Waals surface area contributed by atoms with Crippen molar-refractivity contribution in [3.05, 3.63) is 0 Å². The number of likely N-dealkylation sites (tertiary alicyclic amines) is 1. The first-order valence-electron chi connectivity index (χ1n) is 6.11. The van der Waals surface area contributed by atoms with Crippen molar-refractivity contribution in [3.63, 3.8) is 0 Å². The minimum atomic E-state index is 0.124. The maximum Gasteiger partial charge on any atom is 0.225 e. The summed E-state index contributed by atoms with van der Waals surface area (Å²) in [6.45, 7) is 5.65. The van der Waals surface area contributed by atoms with Crippen molar-refractivity contribution in [2.24, 2.45) is 17.1 Å². The first-order valence-corrected chi connectivity index (χ1v) is 6.11. The Hall–Kier alpha value is -0.570. The van der Waals surface area contributed by atoms with Gasteiger partial charge in [-0.15, -0.1) is 0 Å². The molecule has 1 aliphatic heterocycles. The second kappa shape index (κ2) is 3.78. The Bertz CT molecular complexity index is 264. The standard InChI is InChI=1S/C12H22N2O/c1-9(2)11(15)14-7-6-12(8-13)5-3-4-10(12)14/h9-10H,3-8,13H2,1-2H3/t10-,12-/m0/s1. The van der Waals surface area contributed by atoms with Crippen molar-refractivity contribution in [2.75, 3.05) is 13.1 Å². The Morgan fingerprint density at radius 1 is 1.53 bits per heavy atom. The molecule has 2 fully saturated rings. The highest BCUT2D eigenvalue weighted by Gasteiger charge is 2.50. The normalized spacial score (nSPS) is 34.9. The predicted molar refractivity (Wildman–Crippen MR) is 60.3 cm³/mol. The highest BCUT2D eigenvalue weighted by molar-refractivity contribution is 5.79. The third kappa shape index (κ3) is 1.57. The Balaban J connectivity index is 2.15. The molecule has 86 valence electrons. The molecule has 0 spiro atoms. The second-order valence-corrected chi connectivity index (χ2v) is 5.41. The van der Waals surface area contributed by atoms with Gasteiger partial charge in [0, 0.05) is 23.9 Å². The van der Waals surface area contributed by atoms with Gasteiger partial charge in [-0.2, -0.15) is 0 Å². The van der Waals surface area contributed by atoms with Crippen LogP contribution in [0.5, 0.6) is 0 Å². The summed E-state index contributed by atoms with van der Waals surface area (Å²) < 4.78 is 0. The average Bonchev–Trinajstić information content (AvgIpc) is 2.74. The number of rotatable bonds is 2. The van der Waals surface area contributed by atoms with Crippen LogP contribution in [0.4, 0.5) is 0 Å². The zero-order valence-electron chi connectivity index (χ0n) is 9.83. The number of fused-ring (bicyclic) bond motifs is 1. The molecule has 3 heteroatoms. The molecule has 2 rings (SSSR count). The van der Waals surface area contributed by atoms with Gasteiger partial charge in [0.25, 0.3) is 0 Å². The summed E-state index contributed by atoms with van der Waals surface area (Å²) in [6, 6.07) is 0.442. The van der Waals surface area contributed by atoms with Crippen LogP contribution in [0.1, 0.15) is 39.5 Å². The minimum Gasteiger partial charge on any atom is -0.339 e. The van der Waals surface area contributed by atoms with Crippen molar-refractivity contribution in [2.45, 2.75) is 45.6 Å². The summed E-state index contributed by atoms with van der Waals surface area (Å²) in [5.74, 6) is 0.441. The van der Waals surface area contributed by atoms with Crippen LogP contribution in [-0.4, -0.2) is 29.9 Å². The van der Waals surface area contributed by atoms with E-state index in [-0.39, 0.29) is 11.3 Å². The van der Waals surface area contributed by atoms with Crippen molar-refractivity contribution >= 4 is 5.91 Å². The van der Waals surface area contributed by atoms with E-state index in [9.17, 15) is 4.79 Å². The maximum atomic E-state index is 12.0. The number of carbonyl (C=O) groups excluding carboxylic acids is 1. The van der Waals surface area contributed by atoms with Gasteiger partial charge in [0.1, 0.15) is 0 Å². The number of carbonyl (C=O) groups is 1. The monoisotopic (exact) mass is 210 g/mol. The molecule has 1 heterocycles. The number of amides is 1. The summed E-state index contributed by atoms with van der Waals surface area (Å²) in [5, 5.41) is 0. The summed E-state index contributed by atoms with van der Waals surface area (Å²) in [5.41, 5.74) is 6.18. The lowest BCUT2D eigenvalue weighted by Crippen LogP contribution is -2.44. The molecule has 3 nitrogen and oxygen atoms in total. The van der Waals surface area contributed by atoms with E-state index in [4.69, 9.17) is 5.73 Å². The lowest BCUT2D eigenvalue weighted by atomic mass is 9.82. The number of nitrogens with two attached hydrogens (primary N) is 1. The van der Waals surface area contributed by atoms with Crippen molar-refractivity contribution in [1.82, 2.24) is 4.90 Å². The Labute approximate surface area is 92.0 Å². The van der Waals surface area contributed by atoms with Gasteiger partial charge < -0.3 is 10.6 Å². The summed E-state index contributed by atoms with van der Waals surface area (Å²) in [4.78, 5) is 14.1. The van der Waals surface area contributed by atoms with Gasteiger partial charge in [-0.3, -0.25) is 4.79 Å². The highest BCUT2D eigenvalue weighted by Crippen LogP contribution is 2.48. The molecule has 2 N–H and O–H groups in total. The van der Waals surface area contributed by atoms with E-state index in [1.54, 1.807) is 0 Å². The number of hydrogen-bond acceptors (Lipinski definition) is 2. The van der Waals surface area contributed by atoms with Crippen LogP contribution >= 0.6 is 0 Å². The third-order valence-corrected chi connectivity index (χ3v) is 4.27. The molecule has 0 radical (unpaired) electrons. The van der Waals surface area contributed by atoms with Crippen molar-refractivity contribution < 1.29 is 4.79 Å². The third-order valence-electron chi connectivity index (χ3n) is 4.27. The second-order valence-electron chi connectivity index (χ2n) is 5.41. The molecule has 0 unspecified atom stereocenters. The molecule has 1 amide bonds. The Morgan fingerprint density at radius 2 is 2.27 bits per heavy atom. The van der Waals surface area contributed by atoms with Crippen LogP contribution in [-0.2, 0) is 4.79 Å². The van der Waals surface area contributed by atoms with Gasteiger partial charge in [0.05, 0.1) is 0 Å². The lowest BCUT2D eigenvalue weighted by Gasteiger charge is -2.32. The zero-order chi connectivity index (χ0) is 11.1. The molecular weight excluding hydrogens is 188 g/mol. The molecule has 15 heavy (non-hydrogen) atoms. The summed E-state index contributed by atoms with van der Waals surface area (Å²) in [7, 11) is 0. The number of hydrogen-bond donors (Lipinski definition) is 1. The van der Waals surface area contributed by atoms with Crippen molar-refractivity contribution in [1.29, 1.82) is 0 Å². The molecule has 1 aliphatic carbocycles. The van der Waals surface area contributed by atoms with E-state index in [0.717, 1.165) is 25.9 Å². The fraction of sp³-hybridized carbons (Fsp3) is 0.917. The van der Waals surface area contributed by atoms with Gasteiger partial charge >= 0.3 is 0 Å². The Kier molecular flexibility index (Phi) is 2.75. The SMILES string of the molecule is CC(C)C(=O)N1CC[C@]2(CN)CCC[C@H]12. The summed E-state index contributed by atoms with van der Waals surface area (Å²) >= 11 is 0.